The van der Waals surface area contributed by atoms with Crippen LogP contribution in [0.5, 0.6) is 0 Å². The van der Waals surface area contributed by atoms with E-state index in [-0.39, 0.29) is 29.0 Å². The van der Waals surface area contributed by atoms with E-state index in [4.69, 9.17) is 4.42 Å². The van der Waals surface area contributed by atoms with Crippen molar-refractivity contribution in [3.8, 4) is 11.5 Å². The molecule has 0 spiro atoms. The van der Waals surface area contributed by atoms with Crippen LogP contribution in [-0.2, 0) is 21.1 Å². The number of anilines is 1. The topological polar surface area (TPSA) is 102 Å². The van der Waals surface area contributed by atoms with E-state index in [1.807, 2.05) is 0 Å². The normalized spacial score (nSPS) is 11.3. The van der Waals surface area contributed by atoms with Gasteiger partial charge in [-0.25, -0.2) is 12.8 Å². The molecular formula is C17H14FN3O4S. The first-order valence-electron chi connectivity index (χ1n) is 7.49. The first-order valence-corrected chi connectivity index (χ1v) is 9.39. The Bertz CT molecular complexity index is 1030. The molecule has 3 rings (SSSR count). The maximum absolute atomic E-state index is 12.9. The molecule has 1 heterocycles. The smallest absolute Gasteiger partial charge is 0.322 e. The Morgan fingerprint density at radius 3 is 2.35 bits per heavy atom. The minimum Gasteiger partial charge on any atom is -0.403 e. The number of amides is 1. The van der Waals surface area contributed by atoms with Crippen LogP contribution in [0.2, 0.25) is 0 Å². The zero-order valence-corrected chi connectivity index (χ0v) is 14.5. The summed E-state index contributed by atoms with van der Waals surface area (Å²) in [5.41, 5.74) is 1.16. The second kappa shape index (κ2) is 7.04. The molecule has 0 aliphatic rings. The average molecular weight is 375 g/mol. The number of nitrogens with one attached hydrogen (secondary N) is 1. The number of sulfone groups is 1. The van der Waals surface area contributed by atoms with Gasteiger partial charge in [-0.15, -0.1) is 5.10 Å². The minimum absolute atomic E-state index is 0.0122. The van der Waals surface area contributed by atoms with Crippen molar-refractivity contribution in [1.82, 2.24) is 10.2 Å². The van der Waals surface area contributed by atoms with Crippen molar-refractivity contribution < 1.29 is 22.0 Å². The molecule has 2 aromatic carbocycles. The Kier molecular flexibility index (Phi) is 4.81. The van der Waals surface area contributed by atoms with Crippen LogP contribution in [-0.4, -0.2) is 30.8 Å². The highest BCUT2D eigenvalue weighted by Crippen LogP contribution is 2.20. The van der Waals surface area contributed by atoms with E-state index < -0.39 is 15.7 Å². The van der Waals surface area contributed by atoms with Gasteiger partial charge in [-0.3, -0.25) is 10.1 Å². The van der Waals surface area contributed by atoms with Gasteiger partial charge in [0.25, 0.3) is 0 Å². The number of carbonyl (C=O) groups is 1. The third-order valence-corrected chi connectivity index (χ3v) is 4.61. The minimum atomic E-state index is -3.28. The SMILES string of the molecule is CS(=O)(=O)c1ccc(CC(=O)Nc2nnc(-c3ccc(F)cc3)o2)cc1. The summed E-state index contributed by atoms with van der Waals surface area (Å²) in [5, 5.41) is 9.98. The van der Waals surface area contributed by atoms with Gasteiger partial charge in [0.2, 0.25) is 11.8 Å². The number of halogens is 1. The molecule has 0 saturated heterocycles. The molecule has 26 heavy (non-hydrogen) atoms. The predicted octanol–water partition coefficient (Wildman–Crippen LogP) is 2.46. The molecule has 1 aromatic heterocycles. The molecule has 134 valence electrons. The number of hydrogen-bond donors (Lipinski definition) is 1. The molecule has 7 nitrogen and oxygen atoms in total. The Morgan fingerprint density at radius 1 is 1.08 bits per heavy atom. The first-order chi connectivity index (χ1) is 12.3. The summed E-state index contributed by atoms with van der Waals surface area (Å²) in [5.74, 6) is -0.632. The van der Waals surface area contributed by atoms with Crippen molar-refractivity contribution in [3.63, 3.8) is 0 Å². The van der Waals surface area contributed by atoms with Gasteiger partial charge < -0.3 is 4.42 Å². The molecule has 1 amide bonds. The highest BCUT2D eigenvalue weighted by Gasteiger charge is 2.13. The van der Waals surface area contributed by atoms with Crippen LogP contribution in [0.3, 0.4) is 0 Å². The van der Waals surface area contributed by atoms with E-state index in [2.05, 4.69) is 15.5 Å². The summed E-state index contributed by atoms with van der Waals surface area (Å²) in [6.07, 6.45) is 1.13. The summed E-state index contributed by atoms with van der Waals surface area (Å²) in [6, 6.07) is 11.4. The largest absolute Gasteiger partial charge is 0.403 e. The van der Waals surface area contributed by atoms with Crippen molar-refractivity contribution in [1.29, 1.82) is 0 Å². The Labute approximate surface area is 148 Å². The molecule has 9 heteroatoms. The number of nitrogens with zero attached hydrogens (tertiary/aromatic N) is 2. The van der Waals surface area contributed by atoms with Crippen LogP contribution in [0.4, 0.5) is 10.4 Å². The zero-order chi connectivity index (χ0) is 18.7. The van der Waals surface area contributed by atoms with Gasteiger partial charge in [-0.2, -0.15) is 0 Å². The zero-order valence-electron chi connectivity index (χ0n) is 13.6. The monoisotopic (exact) mass is 375 g/mol. The highest BCUT2D eigenvalue weighted by molar-refractivity contribution is 7.90. The van der Waals surface area contributed by atoms with Crippen LogP contribution >= 0.6 is 0 Å². The van der Waals surface area contributed by atoms with Crippen LogP contribution in [0.1, 0.15) is 5.56 Å². The standard InChI is InChI=1S/C17H14FN3O4S/c1-26(23,24)14-8-2-11(3-9-14)10-15(22)19-17-21-20-16(25-17)12-4-6-13(18)7-5-12/h2-9H,10H2,1H3,(H,19,21,22). The van der Waals surface area contributed by atoms with E-state index in [1.54, 1.807) is 12.1 Å². The summed E-state index contributed by atoms with van der Waals surface area (Å²) >= 11 is 0. The van der Waals surface area contributed by atoms with E-state index in [0.717, 1.165) is 6.26 Å². The van der Waals surface area contributed by atoms with Gasteiger partial charge in [0.05, 0.1) is 11.3 Å². The lowest BCUT2D eigenvalue weighted by molar-refractivity contribution is -0.115. The summed E-state index contributed by atoms with van der Waals surface area (Å²) in [4.78, 5) is 12.2. The van der Waals surface area contributed by atoms with Crippen LogP contribution in [0.15, 0.2) is 57.8 Å². The quantitative estimate of drug-likeness (QED) is 0.735. The molecule has 3 aromatic rings. The molecule has 0 aliphatic carbocycles. The van der Waals surface area contributed by atoms with Gasteiger partial charge in [-0.1, -0.05) is 17.2 Å². The molecular weight excluding hydrogens is 361 g/mol. The number of carbonyl (C=O) groups excluding carboxylic acids is 1. The molecule has 0 unspecified atom stereocenters. The summed E-state index contributed by atoms with van der Waals surface area (Å²) in [6.45, 7) is 0. The van der Waals surface area contributed by atoms with E-state index in [1.165, 1.54) is 36.4 Å². The third-order valence-electron chi connectivity index (χ3n) is 3.48. The van der Waals surface area contributed by atoms with Crippen molar-refractivity contribution in [2.75, 3.05) is 11.6 Å². The maximum Gasteiger partial charge on any atom is 0.322 e. The van der Waals surface area contributed by atoms with Gasteiger partial charge >= 0.3 is 6.01 Å². The van der Waals surface area contributed by atoms with Gasteiger partial charge in [0.15, 0.2) is 9.84 Å². The van der Waals surface area contributed by atoms with E-state index in [9.17, 15) is 17.6 Å². The lowest BCUT2D eigenvalue weighted by Gasteiger charge is -2.03. The maximum atomic E-state index is 12.9. The lowest BCUT2D eigenvalue weighted by atomic mass is 10.1. The average Bonchev–Trinajstić information content (AvgIpc) is 3.03. The Morgan fingerprint density at radius 2 is 1.73 bits per heavy atom. The molecule has 0 radical (unpaired) electrons. The third kappa shape index (κ3) is 4.31. The molecule has 0 atom stereocenters. The lowest BCUT2D eigenvalue weighted by Crippen LogP contribution is -2.14. The number of benzene rings is 2. The summed E-state index contributed by atoms with van der Waals surface area (Å²) in [7, 11) is -3.28. The number of rotatable bonds is 5. The van der Waals surface area contributed by atoms with Gasteiger partial charge in [0.1, 0.15) is 5.82 Å². The van der Waals surface area contributed by atoms with Crippen LogP contribution in [0.25, 0.3) is 11.5 Å². The Hall–Kier alpha value is -3.07. The van der Waals surface area contributed by atoms with Gasteiger partial charge in [0, 0.05) is 11.8 Å². The van der Waals surface area contributed by atoms with Crippen molar-refractivity contribution in [2.45, 2.75) is 11.3 Å². The molecule has 1 N–H and O–H groups in total. The summed E-state index contributed by atoms with van der Waals surface area (Å²) < 4.78 is 41.1. The highest BCUT2D eigenvalue weighted by atomic mass is 32.2. The Balaban J connectivity index is 1.64. The number of aromatic nitrogens is 2. The van der Waals surface area contributed by atoms with Crippen molar-refractivity contribution in [3.05, 3.63) is 59.9 Å². The van der Waals surface area contributed by atoms with Gasteiger partial charge in [-0.05, 0) is 42.0 Å². The van der Waals surface area contributed by atoms with Crippen molar-refractivity contribution in [2.24, 2.45) is 0 Å². The second-order valence-corrected chi connectivity index (χ2v) is 7.58. The molecule has 0 saturated carbocycles. The van der Waals surface area contributed by atoms with Crippen LogP contribution in [0, 0.1) is 5.82 Å². The van der Waals surface area contributed by atoms with Crippen molar-refractivity contribution >= 4 is 21.8 Å². The molecule has 0 aliphatic heterocycles. The second-order valence-electron chi connectivity index (χ2n) is 5.56. The first kappa shape index (κ1) is 17.7. The van der Waals surface area contributed by atoms with E-state index >= 15 is 0 Å². The fourth-order valence-electron chi connectivity index (χ4n) is 2.19. The predicted molar refractivity (Wildman–Crippen MR) is 91.6 cm³/mol. The fourth-order valence-corrected chi connectivity index (χ4v) is 2.82. The fraction of sp³-hybridized carbons (Fsp3) is 0.118. The van der Waals surface area contributed by atoms with E-state index in [0.29, 0.717) is 11.1 Å². The number of hydrogen-bond acceptors (Lipinski definition) is 6. The molecule has 0 fully saturated rings. The van der Waals surface area contributed by atoms with Crippen LogP contribution < -0.4 is 5.32 Å². The molecule has 0 bridgehead atoms.